The zero-order chi connectivity index (χ0) is 15.3. The van der Waals surface area contributed by atoms with Gasteiger partial charge in [0.1, 0.15) is 0 Å². The summed E-state index contributed by atoms with van der Waals surface area (Å²) >= 11 is 0. The van der Waals surface area contributed by atoms with Crippen molar-refractivity contribution < 1.29 is 13.2 Å². The van der Waals surface area contributed by atoms with E-state index in [1.165, 1.54) is 19.1 Å². The van der Waals surface area contributed by atoms with Gasteiger partial charge in [-0.25, -0.2) is 13.1 Å². The lowest BCUT2D eigenvalue weighted by Crippen LogP contribution is -2.48. The van der Waals surface area contributed by atoms with Crippen molar-refractivity contribution in [2.45, 2.75) is 44.6 Å². The molecule has 0 unspecified atom stereocenters. The second-order valence-corrected chi connectivity index (χ2v) is 8.02. The third-order valence-electron chi connectivity index (χ3n) is 4.29. The molecule has 21 heavy (non-hydrogen) atoms. The van der Waals surface area contributed by atoms with E-state index in [1.54, 1.807) is 0 Å². The van der Waals surface area contributed by atoms with Crippen molar-refractivity contribution in [3.05, 3.63) is 0 Å². The maximum Gasteiger partial charge on any atom is 0.236 e. The first kappa shape index (κ1) is 16.7. The Labute approximate surface area is 127 Å². The fourth-order valence-electron chi connectivity index (χ4n) is 3.12. The number of carbonyl (C=O) groups excluding carboxylic acids is 1. The third-order valence-corrected chi connectivity index (χ3v) is 5.05. The lowest BCUT2D eigenvalue weighted by molar-refractivity contribution is -0.132. The summed E-state index contributed by atoms with van der Waals surface area (Å²) in [5.41, 5.74) is 0. The number of nitrogens with one attached hydrogen (secondary N) is 1. The van der Waals surface area contributed by atoms with Gasteiger partial charge in [0, 0.05) is 32.2 Å². The minimum Gasteiger partial charge on any atom is -0.342 e. The van der Waals surface area contributed by atoms with Gasteiger partial charge >= 0.3 is 0 Å². The van der Waals surface area contributed by atoms with E-state index in [0.717, 1.165) is 51.9 Å². The van der Waals surface area contributed by atoms with Gasteiger partial charge in [0.2, 0.25) is 15.9 Å². The summed E-state index contributed by atoms with van der Waals surface area (Å²) in [6.07, 6.45) is 7.44. The molecule has 0 aromatic carbocycles. The van der Waals surface area contributed by atoms with E-state index in [-0.39, 0.29) is 11.9 Å². The summed E-state index contributed by atoms with van der Waals surface area (Å²) in [5, 5.41) is 0. The van der Waals surface area contributed by atoms with Crippen LogP contribution in [0.5, 0.6) is 0 Å². The van der Waals surface area contributed by atoms with Crippen LogP contribution in [-0.2, 0) is 14.8 Å². The quantitative estimate of drug-likeness (QED) is 0.815. The van der Waals surface area contributed by atoms with Crippen molar-refractivity contribution >= 4 is 15.9 Å². The Bertz CT molecular complexity index is 436. The van der Waals surface area contributed by atoms with Gasteiger partial charge < -0.3 is 4.90 Å². The molecule has 0 bridgehead atoms. The van der Waals surface area contributed by atoms with Crippen LogP contribution < -0.4 is 4.72 Å². The van der Waals surface area contributed by atoms with Crippen LogP contribution in [0, 0.1) is 0 Å². The van der Waals surface area contributed by atoms with Crippen LogP contribution in [0.1, 0.15) is 38.5 Å². The van der Waals surface area contributed by atoms with E-state index in [0.29, 0.717) is 6.54 Å². The Hall–Kier alpha value is -0.660. The number of hydrogen-bond acceptors (Lipinski definition) is 4. The molecule has 0 spiro atoms. The molecule has 2 saturated heterocycles. The van der Waals surface area contributed by atoms with Crippen LogP contribution in [0.25, 0.3) is 0 Å². The van der Waals surface area contributed by atoms with Gasteiger partial charge in [-0.05, 0) is 25.7 Å². The largest absolute Gasteiger partial charge is 0.342 e. The molecule has 0 atom stereocenters. The maximum absolute atomic E-state index is 12.3. The fraction of sp³-hybridized carbons (Fsp3) is 0.929. The Balaban J connectivity index is 1.73. The maximum atomic E-state index is 12.3. The molecule has 0 radical (unpaired) electrons. The number of likely N-dealkylation sites (tertiary alicyclic amines) is 2. The van der Waals surface area contributed by atoms with Crippen LogP contribution >= 0.6 is 0 Å². The molecule has 2 aliphatic rings. The molecule has 0 saturated carbocycles. The van der Waals surface area contributed by atoms with Crippen molar-refractivity contribution in [1.29, 1.82) is 0 Å². The molecule has 1 N–H and O–H groups in total. The van der Waals surface area contributed by atoms with E-state index < -0.39 is 10.0 Å². The zero-order valence-corrected chi connectivity index (χ0v) is 13.7. The van der Waals surface area contributed by atoms with E-state index in [9.17, 15) is 13.2 Å². The molecule has 6 nitrogen and oxygen atoms in total. The van der Waals surface area contributed by atoms with Crippen molar-refractivity contribution in [3.63, 3.8) is 0 Å². The van der Waals surface area contributed by atoms with Gasteiger partial charge in [-0.2, -0.15) is 0 Å². The van der Waals surface area contributed by atoms with Crippen LogP contribution in [0.15, 0.2) is 0 Å². The number of amides is 1. The zero-order valence-electron chi connectivity index (χ0n) is 12.9. The van der Waals surface area contributed by atoms with Gasteiger partial charge in [-0.3, -0.25) is 9.69 Å². The van der Waals surface area contributed by atoms with Crippen LogP contribution in [-0.4, -0.2) is 69.1 Å². The summed E-state index contributed by atoms with van der Waals surface area (Å²) < 4.78 is 25.1. The molecule has 7 heteroatoms. The second-order valence-electron chi connectivity index (χ2n) is 6.24. The standard InChI is InChI=1S/C14H27N3O3S/c1-21(19,20)15-13-6-10-16(11-7-13)12-14(18)17-8-4-2-3-5-9-17/h13,15H,2-12H2,1H3. The summed E-state index contributed by atoms with van der Waals surface area (Å²) in [4.78, 5) is 16.4. The number of rotatable bonds is 4. The van der Waals surface area contributed by atoms with E-state index in [4.69, 9.17) is 0 Å². The Morgan fingerprint density at radius 2 is 1.62 bits per heavy atom. The topological polar surface area (TPSA) is 69.7 Å². The van der Waals surface area contributed by atoms with Gasteiger partial charge in [0.05, 0.1) is 12.8 Å². The minimum absolute atomic E-state index is 0.0181. The van der Waals surface area contributed by atoms with Gasteiger partial charge in [0.15, 0.2) is 0 Å². The first-order valence-corrected chi connectivity index (χ1v) is 9.80. The first-order chi connectivity index (χ1) is 9.94. The number of sulfonamides is 1. The Morgan fingerprint density at radius 1 is 1.05 bits per heavy atom. The molecule has 2 aliphatic heterocycles. The van der Waals surface area contributed by atoms with Gasteiger partial charge in [-0.15, -0.1) is 0 Å². The fourth-order valence-corrected chi connectivity index (χ4v) is 3.96. The van der Waals surface area contributed by atoms with Crippen molar-refractivity contribution in [2.75, 3.05) is 39.0 Å². The highest BCUT2D eigenvalue weighted by Crippen LogP contribution is 2.13. The van der Waals surface area contributed by atoms with Crippen molar-refractivity contribution in [2.24, 2.45) is 0 Å². The van der Waals surface area contributed by atoms with Crippen LogP contribution in [0.4, 0.5) is 0 Å². The first-order valence-electron chi connectivity index (χ1n) is 7.91. The average Bonchev–Trinajstić information content (AvgIpc) is 2.68. The molecule has 2 rings (SSSR count). The minimum atomic E-state index is -3.13. The second kappa shape index (κ2) is 7.56. The monoisotopic (exact) mass is 317 g/mol. The molecule has 0 aromatic rings. The molecule has 0 aliphatic carbocycles. The number of piperidine rings is 1. The summed E-state index contributed by atoms with van der Waals surface area (Å²) in [6.45, 7) is 3.83. The predicted octanol–water partition coefficient (Wildman–Crippen LogP) is 0.403. The lowest BCUT2D eigenvalue weighted by atomic mass is 10.1. The summed E-state index contributed by atoms with van der Waals surface area (Å²) in [6, 6.07) is 0.0181. The van der Waals surface area contributed by atoms with Crippen LogP contribution in [0.2, 0.25) is 0 Å². The Morgan fingerprint density at radius 3 is 2.14 bits per heavy atom. The third kappa shape index (κ3) is 5.92. The highest BCUT2D eigenvalue weighted by molar-refractivity contribution is 7.88. The highest BCUT2D eigenvalue weighted by Gasteiger charge is 2.24. The van der Waals surface area contributed by atoms with Gasteiger partial charge in [0.25, 0.3) is 0 Å². The van der Waals surface area contributed by atoms with Gasteiger partial charge in [-0.1, -0.05) is 12.8 Å². The normalized spacial score (nSPS) is 23.0. The summed E-state index contributed by atoms with van der Waals surface area (Å²) in [7, 11) is -3.13. The molecular formula is C14H27N3O3S. The average molecular weight is 317 g/mol. The number of hydrogen-bond donors (Lipinski definition) is 1. The van der Waals surface area contributed by atoms with E-state index in [2.05, 4.69) is 9.62 Å². The molecule has 1 amide bonds. The summed E-state index contributed by atoms with van der Waals surface area (Å²) in [5.74, 6) is 0.228. The van der Waals surface area contributed by atoms with Crippen molar-refractivity contribution in [1.82, 2.24) is 14.5 Å². The number of carbonyl (C=O) groups is 1. The molecule has 2 heterocycles. The smallest absolute Gasteiger partial charge is 0.236 e. The van der Waals surface area contributed by atoms with E-state index in [1.807, 2.05) is 4.90 Å². The van der Waals surface area contributed by atoms with E-state index >= 15 is 0 Å². The Kier molecular flexibility index (Phi) is 6.01. The highest BCUT2D eigenvalue weighted by atomic mass is 32.2. The lowest BCUT2D eigenvalue weighted by Gasteiger charge is -2.33. The predicted molar refractivity (Wildman–Crippen MR) is 82.5 cm³/mol. The SMILES string of the molecule is CS(=O)(=O)NC1CCN(CC(=O)N2CCCCCC2)CC1. The molecule has 2 fully saturated rings. The number of nitrogens with zero attached hydrogens (tertiary/aromatic N) is 2. The van der Waals surface area contributed by atoms with Crippen LogP contribution in [0.3, 0.4) is 0 Å². The molecule has 0 aromatic heterocycles. The molecule has 122 valence electrons. The van der Waals surface area contributed by atoms with Crippen molar-refractivity contribution in [3.8, 4) is 0 Å². The molecular weight excluding hydrogens is 290 g/mol.